The molecule has 0 saturated carbocycles. The molecular formula is C13H18O3W. The standard InChI is InChI=1S/C10H15.3CHO.W/c1-7-6-10(4,5)9(3)8(7)2;3*1-2;/h1-5H3;3*1H;. The molecule has 0 bridgehead atoms. The summed E-state index contributed by atoms with van der Waals surface area (Å²) >= 11 is -4.09. The zero-order valence-corrected chi connectivity index (χ0v) is 13.8. The van der Waals surface area contributed by atoms with Gasteiger partial charge in [0.2, 0.25) is 0 Å². The summed E-state index contributed by atoms with van der Waals surface area (Å²) in [5.41, 5.74) is 2.88. The van der Waals surface area contributed by atoms with Crippen LogP contribution in [0.3, 0.4) is 0 Å². The van der Waals surface area contributed by atoms with Crippen LogP contribution < -0.4 is 0 Å². The molecule has 1 aliphatic rings. The second-order valence-electron chi connectivity index (χ2n) is 4.88. The summed E-state index contributed by atoms with van der Waals surface area (Å²) < 4.78 is 2.78. The Morgan fingerprint density at radius 1 is 0.882 bits per heavy atom. The van der Waals surface area contributed by atoms with E-state index < -0.39 is 16.1 Å². The summed E-state index contributed by atoms with van der Waals surface area (Å²) in [5, 5.41) is 0. The van der Waals surface area contributed by atoms with Gasteiger partial charge < -0.3 is 0 Å². The zero-order valence-electron chi connectivity index (χ0n) is 10.9. The first-order valence-corrected chi connectivity index (χ1v) is 11.9. The van der Waals surface area contributed by atoms with Gasteiger partial charge in [0, 0.05) is 0 Å². The summed E-state index contributed by atoms with van der Waals surface area (Å²) in [7, 11) is 0. The van der Waals surface area contributed by atoms with E-state index in [0.29, 0.717) is 14.0 Å². The van der Waals surface area contributed by atoms with E-state index >= 15 is 0 Å². The molecule has 0 spiro atoms. The van der Waals surface area contributed by atoms with Crippen LogP contribution in [0, 0.1) is 5.41 Å². The van der Waals surface area contributed by atoms with Gasteiger partial charge in [0.25, 0.3) is 0 Å². The monoisotopic (exact) mass is 406 g/mol. The Morgan fingerprint density at radius 2 is 1.29 bits per heavy atom. The van der Waals surface area contributed by atoms with Gasteiger partial charge in [0.15, 0.2) is 0 Å². The van der Waals surface area contributed by atoms with E-state index in [9.17, 15) is 14.4 Å². The third-order valence-corrected chi connectivity index (χ3v) is 12.7. The SMILES string of the molecule is CC1=C(C)C(C)(C)[C]([W]([CH]=O)([CH]=O)[CH]=O)=C1C. The molecular weight excluding hydrogens is 388 g/mol. The minimum atomic E-state index is -4.09. The van der Waals surface area contributed by atoms with Gasteiger partial charge >= 0.3 is 105 Å². The Morgan fingerprint density at radius 3 is 1.53 bits per heavy atom. The molecule has 17 heavy (non-hydrogen) atoms. The van der Waals surface area contributed by atoms with Crippen molar-refractivity contribution in [1.82, 2.24) is 0 Å². The van der Waals surface area contributed by atoms with Crippen LogP contribution in [-0.2, 0) is 30.4 Å². The molecule has 4 heteroatoms. The number of rotatable bonds is 4. The molecule has 0 amide bonds. The Hall–Kier alpha value is -0.822. The van der Waals surface area contributed by atoms with Gasteiger partial charge in [-0.3, -0.25) is 0 Å². The molecule has 0 saturated heterocycles. The van der Waals surface area contributed by atoms with Gasteiger partial charge in [-0.2, -0.15) is 0 Å². The molecule has 0 aromatic heterocycles. The molecule has 0 atom stereocenters. The van der Waals surface area contributed by atoms with Crippen LogP contribution in [0.5, 0.6) is 0 Å². The number of allylic oxidation sites excluding steroid dienone is 4. The van der Waals surface area contributed by atoms with Crippen molar-refractivity contribution in [2.45, 2.75) is 34.6 Å². The number of hydrogen-bond acceptors (Lipinski definition) is 3. The summed E-state index contributed by atoms with van der Waals surface area (Å²) in [6.07, 6.45) is 0. The predicted octanol–water partition coefficient (Wildman–Crippen LogP) is 2.36. The first-order valence-electron chi connectivity index (χ1n) is 5.37. The van der Waals surface area contributed by atoms with Crippen molar-refractivity contribution < 1.29 is 30.4 Å². The van der Waals surface area contributed by atoms with Crippen LogP contribution in [0.15, 0.2) is 20.7 Å². The van der Waals surface area contributed by atoms with E-state index in [-0.39, 0.29) is 5.41 Å². The summed E-state index contributed by atoms with van der Waals surface area (Å²) in [6.45, 7) is 9.86. The molecule has 0 N–H and O–H groups in total. The molecule has 1 rings (SSSR count). The first-order chi connectivity index (χ1) is 7.78. The number of carbonyl (C=O) groups is 3. The molecule has 0 unspecified atom stereocenters. The normalized spacial score (nSPS) is 20.5. The van der Waals surface area contributed by atoms with E-state index in [2.05, 4.69) is 0 Å². The molecule has 0 heterocycles. The maximum atomic E-state index is 11.3. The molecule has 0 radical (unpaired) electrons. The van der Waals surface area contributed by atoms with E-state index in [1.807, 2.05) is 34.6 Å². The summed E-state index contributed by atoms with van der Waals surface area (Å²) in [6, 6.07) is 0. The van der Waals surface area contributed by atoms with Crippen molar-refractivity contribution in [2.24, 2.45) is 5.41 Å². The van der Waals surface area contributed by atoms with Gasteiger partial charge in [-0.05, 0) is 0 Å². The fraction of sp³-hybridized carbons (Fsp3) is 0.462. The van der Waals surface area contributed by atoms with Crippen LogP contribution in [0.2, 0.25) is 0 Å². The van der Waals surface area contributed by atoms with Crippen LogP contribution >= 0.6 is 0 Å². The topological polar surface area (TPSA) is 51.2 Å². The average Bonchev–Trinajstić information content (AvgIpc) is 2.46. The third-order valence-electron chi connectivity index (χ3n) is 3.80. The van der Waals surface area contributed by atoms with Gasteiger partial charge in [0.1, 0.15) is 0 Å². The average molecular weight is 406 g/mol. The Balaban J connectivity index is 3.58. The van der Waals surface area contributed by atoms with E-state index in [0.717, 1.165) is 20.7 Å². The second kappa shape index (κ2) is 4.45. The van der Waals surface area contributed by atoms with E-state index in [4.69, 9.17) is 0 Å². The molecule has 94 valence electrons. The molecule has 0 aliphatic heterocycles. The molecule has 0 fully saturated rings. The zero-order chi connectivity index (χ0) is 13.4. The van der Waals surface area contributed by atoms with Crippen LogP contribution in [0.25, 0.3) is 0 Å². The van der Waals surface area contributed by atoms with Crippen LogP contribution in [0.4, 0.5) is 0 Å². The van der Waals surface area contributed by atoms with Crippen LogP contribution in [0.1, 0.15) is 34.6 Å². The third kappa shape index (κ3) is 1.81. The fourth-order valence-corrected chi connectivity index (χ4v) is 10.2. The second-order valence-corrected chi connectivity index (χ2v) is 13.9. The van der Waals surface area contributed by atoms with Gasteiger partial charge in [-0.25, -0.2) is 0 Å². The van der Waals surface area contributed by atoms with Crippen molar-refractivity contribution >= 4 is 14.0 Å². The van der Waals surface area contributed by atoms with Crippen molar-refractivity contribution in [3.63, 3.8) is 0 Å². The molecule has 0 aromatic carbocycles. The number of carbonyl (C=O) groups excluding carboxylic acids is 3. The van der Waals surface area contributed by atoms with Crippen molar-refractivity contribution in [3.05, 3.63) is 20.7 Å². The van der Waals surface area contributed by atoms with Gasteiger partial charge in [0.05, 0.1) is 0 Å². The van der Waals surface area contributed by atoms with Gasteiger partial charge in [-0.15, -0.1) is 0 Å². The van der Waals surface area contributed by atoms with E-state index in [1.165, 1.54) is 0 Å². The number of hydrogen-bond donors (Lipinski definition) is 0. The maximum absolute atomic E-state index is 11.3. The first kappa shape index (κ1) is 14.2. The minimum absolute atomic E-state index is 0.341. The van der Waals surface area contributed by atoms with Crippen molar-refractivity contribution in [3.8, 4) is 0 Å². The Kier molecular flexibility index (Phi) is 3.73. The van der Waals surface area contributed by atoms with E-state index in [1.54, 1.807) is 0 Å². The fourth-order valence-electron chi connectivity index (χ4n) is 2.48. The molecule has 1 aliphatic carbocycles. The Bertz CT molecular complexity index is 434. The predicted molar refractivity (Wildman–Crippen MR) is 65.1 cm³/mol. The summed E-state index contributed by atoms with van der Waals surface area (Å²) in [4.78, 5) is 33.9. The molecule has 3 nitrogen and oxygen atoms in total. The molecule has 0 aromatic rings. The van der Waals surface area contributed by atoms with Crippen LogP contribution in [-0.4, -0.2) is 14.0 Å². The van der Waals surface area contributed by atoms with Crippen molar-refractivity contribution in [1.29, 1.82) is 0 Å². The Labute approximate surface area is 105 Å². The quantitative estimate of drug-likeness (QED) is 0.674. The van der Waals surface area contributed by atoms with Gasteiger partial charge in [-0.1, -0.05) is 0 Å². The summed E-state index contributed by atoms with van der Waals surface area (Å²) in [5.74, 6) is 0. The van der Waals surface area contributed by atoms with Crippen molar-refractivity contribution in [2.75, 3.05) is 0 Å².